The molecule has 1 saturated heterocycles. The lowest BCUT2D eigenvalue weighted by atomic mass is 10.1. The molecule has 2 aliphatic rings. The van der Waals surface area contributed by atoms with Gasteiger partial charge in [0.05, 0.1) is 30.8 Å². The van der Waals surface area contributed by atoms with Crippen LogP contribution in [0.3, 0.4) is 0 Å². The zero-order valence-electron chi connectivity index (χ0n) is 17.7. The van der Waals surface area contributed by atoms with E-state index in [1.165, 1.54) is 5.69 Å². The van der Waals surface area contributed by atoms with Crippen molar-refractivity contribution in [3.63, 3.8) is 0 Å². The van der Waals surface area contributed by atoms with Gasteiger partial charge in [0.1, 0.15) is 5.75 Å². The van der Waals surface area contributed by atoms with E-state index < -0.39 is 0 Å². The molecular formula is C25H28ClN3O2. The van der Waals surface area contributed by atoms with Gasteiger partial charge in [-0.2, -0.15) is 0 Å². The van der Waals surface area contributed by atoms with Crippen molar-refractivity contribution in [2.24, 2.45) is 0 Å². The molecule has 5 rings (SSSR count). The largest absolute Gasteiger partial charge is 0.495 e. The molecule has 0 saturated carbocycles. The van der Waals surface area contributed by atoms with Crippen LogP contribution in [-0.2, 0) is 0 Å². The average molecular weight is 438 g/mol. The van der Waals surface area contributed by atoms with Gasteiger partial charge < -0.3 is 19.3 Å². The van der Waals surface area contributed by atoms with Gasteiger partial charge in [-0.1, -0.05) is 36.4 Å². The van der Waals surface area contributed by atoms with Crippen molar-refractivity contribution in [2.45, 2.75) is 6.42 Å². The minimum Gasteiger partial charge on any atom is -0.495 e. The molecule has 0 atom stereocenters. The van der Waals surface area contributed by atoms with Crippen LogP contribution in [0, 0.1) is 0 Å². The van der Waals surface area contributed by atoms with Gasteiger partial charge in [-0.25, -0.2) is 0 Å². The van der Waals surface area contributed by atoms with Crippen molar-refractivity contribution < 1.29 is 9.47 Å². The minimum absolute atomic E-state index is 0. The summed E-state index contributed by atoms with van der Waals surface area (Å²) in [6.07, 6.45) is 1.09. The molecule has 0 aromatic heterocycles. The molecule has 162 valence electrons. The predicted octanol–water partition coefficient (Wildman–Crippen LogP) is 5.53. The lowest BCUT2D eigenvalue weighted by Gasteiger charge is -2.33. The van der Waals surface area contributed by atoms with E-state index in [-0.39, 0.29) is 12.4 Å². The molecule has 0 unspecified atom stereocenters. The molecule has 2 aliphatic heterocycles. The third-order valence-electron chi connectivity index (χ3n) is 5.87. The molecule has 6 heteroatoms. The minimum atomic E-state index is 0. The van der Waals surface area contributed by atoms with E-state index >= 15 is 0 Å². The Kier molecular flexibility index (Phi) is 6.54. The van der Waals surface area contributed by atoms with Gasteiger partial charge in [0.2, 0.25) is 0 Å². The van der Waals surface area contributed by atoms with Crippen LogP contribution in [0.1, 0.15) is 6.42 Å². The third kappa shape index (κ3) is 4.29. The Morgan fingerprint density at radius 2 is 1.39 bits per heavy atom. The lowest BCUT2D eigenvalue weighted by molar-refractivity contribution is 0.337. The number of anilines is 3. The van der Waals surface area contributed by atoms with Crippen LogP contribution in [0.4, 0.5) is 17.1 Å². The topological polar surface area (TPSA) is 28.2 Å². The fourth-order valence-electron chi connectivity index (χ4n) is 4.39. The second kappa shape index (κ2) is 9.50. The fraction of sp³-hybridized carbons (Fsp3) is 0.280. The summed E-state index contributed by atoms with van der Waals surface area (Å²) in [5, 5.41) is 0. The first-order chi connectivity index (χ1) is 14.8. The van der Waals surface area contributed by atoms with Crippen LogP contribution < -0.4 is 19.3 Å². The van der Waals surface area contributed by atoms with Gasteiger partial charge in [0.25, 0.3) is 0 Å². The molecule has 2 heterocycles. The Balaban J connectivity index is 0.00000231. The maximum Gasteiger partial charge on any atom is 0.151 e. The SMILES string of the molecule is COc1ccccc1N1CCN(CCCN2c3ccccc3Oc3ccccc32)C1.Cl. The highest BCUT2D eigenvalue weighted by atomic mass is 35.5. The van der Waals surface area contributed by atoms with Gasteiger partial charge in [-0.15, -0.1) is 12.4 Å². The van der Waals surface area contributed by atoms with E-state index in [4.69, 9.17) is 9.47 Å². The van der Waals surface area contributed by atoms with Crippen LogP contribution in [0.5, 0.6) is 17.2 Å². The predicted molar refractivity (Wildman–Crippen MR) is 129 cm³/mol. The van der Waals surface area contributed by atoms with E-state index in [1.54, 1.807) is 7.11 Å². The second-order valence-corrected chi connectivity index (χ2v) is 7.74. The maximum atomic E-state index is 6.10. The summed E-state index contributed by atoms with van der Waals surface area (Å²) in [4.78, 5) is 7.31. The number of rotatable bonds is 6. The smallest absolute Gasteiger partial charge is 0.151 e. The van der Waals surface area contributed by atoms with E-state index in [9.17, 15) is 0 Å². The number of halogens is 1. The van der Waals surface area contributed by atoms with Crippen molar-refractivity contribution in [3.8, 4) is 17.2 Å². The summed E-state index contributed by atoms with van der Waals surface area (Å²) < 4.78 is 11.6. The highest BCUT2D eigenvalue weighted by Crippen LogP contribution is 2.46. The van der Waals surface area contributed by atoms with Crippen LogP contribution >= 0.6 is 12.4 Å². The molecule has 0 aliphatic carbocycles. The van der Waals surface area contributed by atoms with Crippen molar-refractivity contribution in [3.05, 3.63) is 72.8 Å². The normalized spacial score (nSPS) is 15.0. The van der Waals surface area contributed by atoms with E-state index in [2.05, 4.69) is 51.1 Å². The summed E-state index contributed by atoms with van der Waals surface area (Å²) in [6.45, 7) is 5.07. The molecule has 3 aromatic rings. The Morgan fingerprint density at radius 3 is 2.06 bits per heavy atom. The van der Waals surface area contributed by atoms with Crippen molar-refractivity contribution in [1.29, 1.82) is 0 Å². The van der Waals surface area contributed by atoms with Crippen LogP contribution in [-0.4, -0.2) is 44.9 Å². The average Bonchev–Trinajstić information content (AvgIpc) is 3.27. The Morgan fingerprint density at radius 1 is 0.774 bits per heavy atom. The molecule has 3 aromatic carbocycles. The number of para-hydroxylation sites is 6. The quantitative estimate of drug-likeness (QED) is 0.505. The van der Waals surface area contributed by atoms with Gasteiger partial charge >= 0.3 is 0 Å². The van der Waals surface area contributed by atoms with Gasteiger partial charge in [0.15, 0.2) is 11.5 Å². The zero-order valence-corrected chi connectivity index (χ0v) is 18.6. The Hall–Kier alpha value is -2.89. The number of hydrogen-bond acceptors (Lipinski definition) is 5. The molecular weight excluding hydrogens is 410 g/mol. The van der Waals surface area contributed by atoms with Crippen LogP contribution in [0.25, 0.3) is 0 Å². The molecule has 5 nitrogen and oxygen atoms in total. The maximum absolute atomic E-state index is 6.10. The van der Waals surface area contributed by atoms with E-state index in [0.29, 0.717) is 0 Å². The van der Waals surface area contributed by atoms with E-state index in [0.717, 1.165) is 67.9 Å². The first-order valence-corrected chi connectivity index (χ1v) is 10.6. The van der Waals surface area contributed by atoms with E-state index in [1.807, 2.05) is 36.4 Å². The number of ether oxygens (including phenoxy) is 2. The first kappa shape index (κ1) is 21.3. The summed E-state index contributed by atoms with van der Waals surface area (Å²) in [6, 6.07) is 24.9. The summed E-state index contributed by atoms with van der Waals surface area (Å²) >= 11 is 0. The highest BCUT2D eigenvalue weighted by Gasteiger charge is 2.25. The summed E-state index contributed by atoms with van der Waals surface area (Å²) in [7, 11) is 1.74. The molecule has 0 N–H and O–H groups in total. The first-order valence-electron chi connectivity index (χ1n) is 10.6. The number of hydrogen-bond donors (Lipinski definition) is 0. The van der Waals surface area contributed by atoms with Crippen molar-refractivity contribution in [2.75, 3.05) is 49.8 Å². The molecule has 0 bridgehead atoms. The van der Waals surface area contributed by atoms with Crippen LogP contribution in [0.15, 0.2) is 72.8 Å². The summed E-state index contributed by atoms with van der Waals surface area (Å²) in [5.74, 6) is 2.81. The number of nitrogens with zero attached hydrogens (tertiary/aromatic N) is 3. The highest BCUT2D eigenvalue weighted by molar-refractivity contribution is 5.85. The second-order valence-electron chi connectivity index (χ2n) is 7.74. The Labute approximate surface area is 190 Å². The van der Waals surface area contributed by atoms with Gasteiger partial charge in [-0.3, -0.25) is 4.90 Å². The summed E-state index contributed by atoms with van der Waals surface area (Å²) in [5.41, 5.74) is 3.47. The monoisotopic (exact) mass is 437 g/mol. The van der Waals surface area contributed by atoms with Gasteiger partial charge in [0, 0.05) is 26.2 Å². The number of fused-ring (bicyclic) bond motifs is 2. The zero-order chi connectivity index (χ0) is 20.3. The van der Waals surface area contributed by atoms with Crippen LogP contribution in [0.2, 0.25) is 0 Å². The number of benzene rings is 3. The van der Waals surface area contributed by atoms with Crippen molar-refractivity contribution in [1.82, 2.24) is 4.90 Å². The molecule has 31 heavy (non-hydrogen) atoms. The standard InChI is InChI=1S/C25H27N3O2.ClH/c1-29-23-12-5-2-9-20(23)27-18-17-26(19-27)15-8-16-28-21-10-3-6-13-24(21)30-25-14-7-4-11-22(25)28;/h2-7,9-14H,8,15-19H2,1H3;1H. The molecule has 0 radical (unpaired) electrons. The molecule has 0 amide bonds. The fourth-order valence-corrected chi connectivity index (χ4v) is 4.39. The number of methoxy groups -OCH3 is 1. The van der Waals surface area contributed by atoms with Crippen molar-refractivity contribution >= 4 is 29.5 Å². The van der Waals surface area contributed by atoms with Gasteiger partial charge in [-0.05, 0) is 42.8 Å². The molecule has 1 fully saturated rings. The Bertz CT molecular complexity index is 983. The third-order valence-corrected chi connectivity index (χ3v) is 5.87. The molecule has 0 spiro atoms. The lowest BCUT2D eigenvalue weighted by Crippen LogP contribution is -2.29.